The zero-order valence-electron chi connectivity index (χ0n) is 11.3. The second-order valence-electron chi connectivity index (χ2n) is 4.52. The van der Waals surface area contributed by atoms with Crippen molar-refractivity contribution in [1.29, 1.82) is 0 Å². The summed E-state index contributed by atoms with van der Waals surface area (Å²) in [5, 5.41) is 4.40. The fourth-order valence-electron chi connectivity index (χ4n) is 2.16. The van der Waals surface area contributed by atoms with Crippen molar-refractivity contribution in [3.8, 4) is 0 Å². The van der Waals surface area contributed by atoms with Crippen LogP contribution in [0.3, 0.4) is 0 Å². The summed E-state index contributed by atoms with van der Waals surface area (Å²) in [7, 11) is 4.00. The number of rotatable bonds is 5. The molecule has 1 aromatic rings. The molecule has 5 heteroatoms. The molecule has 0 aliphatic heterocycles. The molecule has 0 saturated heterocycles. The maximum Gasteiger partial charge on any atom is 0.137 e. The first-order chi connectivity index (χ1) is 7.90. The first-order valence-electron chi connectivity index (χ1n) is 5.96. The van der Waals surface area contributed by atoms with Gasteiger partial charge in [0.1, 0.15) is 10.8 Å². The number of thiocarbonyl (C=S) groups is 1. The van der Waals surface area contributed by atoms with Crippen LogP contribution < -0.4 is 10.6 Å². The van der Waals surface area contributed by atoms with Crippen molar-refractivity contribution in [2.45, 2.75) is 39.7 Å². The number of aromatic nitrogens is 2. The molecule has 1 rings (SSSR count). The standard InChI is InChI=1S/C12H22N4S/c1-6-7-8(2)15(4)12-10(11(13)17)9(3)14-16(12)5/h8H,6-7H2,1-5H3,(H2,13,17). The average molecular weight is 254 g/mol. The molecule has 1 unspecified atom stereocenters. The largest absolute Gasteiger partial charge is 0.389 e. The van der Waals surface area contributed by atoms with Gasteiger partial charge in [-0.3, -0.25) is 4.68 Å². The lowest BCUT2D eigenvalue weighted by atomic mass is 10.1. The van der Waals surface area contributed by atoms with Crippen molar-refractivity contribution in [3.05, 3.63) is 11.3 Å². The summed E-state index contributed by atoms with van der Waals surface area (Å²) in [6, 6.07) is 0.447. The van der Waals surface area contributed by atoms with E-state index in [0.717, 1.165) is 29.9 Å². The van der Waals surface area contributed by atoms with Gasteiger partial charge >= 0.3 is 0 Å². The van der Waals surface area contributed by atoms with Gasteiger partial charge in [-0.05, 0) is 20.3 Å². The van der Waals surface area contributed by atoms with E-state index in [9.17, 15) is 0 Å². The normalized spacial score (nSPS) is 12.5. The van der Waals surface area contributed by atoms with Gasteiger partial charge in [0.25, 0.3) is 0 Å². The molecule has 0 aliphatic rings. The van der Waals surface area contributed by atoms with Crippen molar-refractivity contribution in [2.24, 2.45) is 12.8 Å². The van der Waals surface area contributed by atoms with Crippen molar-refractivity contribution < 1.29 is 0 Å². The Balaban J connectivity index is 3.16. The van der Waals surface area contributed by atoms with Gasteiger partial charge in [-0.15, -0.1) is 0 Å². The van der Waals surface area contributed by atoms with E-state index in [1.165, 1.54) is 0 Å². The summed E-state index contributed by atoms with van der Waals surface area (Å²) >= 11 is 5.12. The maximum absolute atomic E-state index is 5.79. The molecule has 0 spiro atoms. The van der Waals surface area contributed by atoms with Crippen LogP contribution >= 0.6 is 12.2 Å². The second kappa shape index (κ2) is 5.49. The van der Waals surface area contributed by atoms with Crippen LogP contribution in [0.4, 0.5) is 5.82 Å². The van der Waals surface area contributed by atoms with Gasteiger partial charge in [-0.2, -0.15) is 5.10 Å². The van der Waals surface area contributed by atoms with Crippen LogP contribution in [0.15, 0.2) is 0 Å². The van der Waals surface area contributed by atoms with Crippen LogP contribution in [-0.4, -0.2) is 27.9 Å². The van der Waals surface area contributed by atoms with Crippen LogP contribution in [-0.2, 0) is 7.05 Å². The Bertz CT molecular complexity index is 411. The van der Waals surface area contributed by atoms with Crippen LogP contribution in [0, 0.1) is 6.92 Å². The molecule has 0 bridgehead atoms. The quantitative estimate of drug-likeness (QED) is 0.816. The third-order valence-corrected chi connectivity index (χ3v) is 3.34. The van der Waals surface area contributed by atoms with Gasteiger partial charge in [-0.1, -0.05) is 25.6 Å². The molecule has 0 fully saturated rings. The summed E-state index contributed by atoms with van der Waals surface area (Å²) in [6.45, 7) is 6.33. The Kier molecular flexibility index (Phi) is 4.51. The van der Waals surface area contributed by atoms with Gasteiger partial charge in [0.15, 0.2) is 0 Å². The Morgan fingerprint density at radius 1 is 1.59 bits per heavy atom. The average Bonchev–Trinajstić information content (AvgIpc) is 2.52. The fourth-order valence-corrected chi connectivity index (χ4v) is 2.40. The minimum absolute atomic E-state index is 0.418. The molecule has 17 heavy (non-hydrogen) atoms. The van der Waals surface area contributed by atoms with Crippen molar-refractivity contribution >= 4 is 23.0 Å². The number of hydrogen-bond acceptors (Lipinski definition) is 3. The molecule has 96 valence electrons. The van der Waals surface area contributed by atoms with E-state index in [2.05, 4.69) is 30.9 Å². The van der Waals surface area contributed by atoms with Crippen molar-refractivity contribution in [2.75, 3.05) is 11.9 Å². The van der Waals surface area contributed by atoms with E-state index < -0.39 is 0 Å². The SMILES string of the molecule is CCCC(C)N(C)c1c(C(N)=S)c(C)nn1C. The van der Waals surface area contributed by atoms with Crippen molar-refractivity contribution in [3.63, 3.8) is 0 Å². The van der Waals surface area contributed by atoms with E-state index in [1.54, 1.807) is 0 Å². The smallest absolute Gasteiger partial charge is 0.137 e. The molecular formula is C12H22N4S. The Morgan fingerprint density at radius 3 is 2.65 bits per heavy atom. The van der Waals surface area contributed by atoms with E-state index in [4.69, 9.17) is 18.0 Å². The minimum atomic E-state index is 0.418. The van der Waals surface area contributed by atoms with Gasteiger partial charge in [0.05, 0.1) is 11.3 Å². The lowest BCUT2D eigenvalue weighted by Crippen LogP contribution is -2.32. The third-order valence-electron chi connectivity index (χ3n) is 3.14. The number of hydrogen-bond donors (Lipinski definition) is 1. The van der Waals surface area contributed by atoms with E-state index in [-0.39, 0.29) is 0 Å². The molecule has 0 aliphatic carbocycles. The first kappa shape index (κ1) is 14.0. The maximum atomic E-state index is 5.79. The summed E-state index contributed by atoms with van der Waals surface area (Å²) < 4.78 is 1.86. The highest BCUT2D eigenvalue weighted by atomic mass is 32.1. The highest BCUT2D eigenvalue weighted by molar-refractivity contribution is 7.80. The molecule has 2 N–H and O–H groups in total. The summed E-state index contributed by atoms with van der Waals surface area (Å²) in [4.78, 5) is 2.62. The number of anilines is 1. The minimum Gasteiger partial charge on any atom is -0.389 e. The second-order valence-corrected chi connectivity index (χ2v) is 4.96. The Morgan fingerprint density at radius 2 is 2.18 bits per heavy atom. The van der Waals surface area contributed by atoms with Crippen LogP contribution in [0.5, 0.6) is 0 Å². The first-order valence-corrected chi connectivity index (χ1v) is 6.37. The van der Waals surface area contributed by atoms with Gasteiger partial charge in [0.2, 0.25) is 0 Å². The summed E-state index contributed by atoms with van der Waals surface area (Å²) in [5.41, 5.74) is 7.58. The molecule has 4 nitrogen and oxygen atoms in total. The molecule has 1 atom stereocenters. The molecule has 1 aromatic heterocycles. The summed E-state index contributed by atoms with van der Waals surface area (Å²) in [6.07, 6.45) is 2.29. The molecule has 0 amide bonds. The molecule has 0 aromatic carbocycles. The zero-order valence-corrected chi connectivity index (χ0v) is 12.1. The van der Waals surface area contributed by atoms with E-state index >= 15 is 0 Å². The zero-order chi connectivity index (χ0) is 13.2. The predicted molar refractivity (Wildman–Crippen MR) is 76.6 cm³/mol. The van der Waals surface area contributed by atoms with E-state index in [0.29, 0.717) is 11.0 Å². The lowest BCUT2D eigenvalue weighted by Gasteiger charge is -2.27. The fraction of sp³-hybridized carbons (Fsp3) is 0.667. The highest BCUT2D eigenvalue weighted by Crippen LogP contribution is 2.24. The molecule has 0 radical (unpaired) electrons. The van der Waals surface area contributed by atoms with Gasteiger partial charge in [0, 0.05) is 20.1 Å². The highest BCUT2D eigenvalue weighted by Gasteiger charge is 2.21. The summed E-state index contributed by atoms with van der Waals surface area (Å²) in [5.74, 6) is 1.01. The van der Waals surface area contributed by atoms with Crippen LogP contribution in [0.25, 0.3) is 0 Å². The molecule has 1 heterocycles. The van der Waals surface area contributed by atoms with Crippen LogP contribution in [0.2, 0.25) is 0 Å². The third kappa shape index (κ3) is 2.77. The Hall–Kier alpha value is -1.10. The predicted octanol–water partition coefficient (Wildman–Crippen LogP) is 1.99. The number of aryl methyl sites for hydroxylation is 2. The number of nitrogens with zero attached hydrogens (tertiary/aromatic N) is 3. The lowest BCUT2D eigenvalue weighted by molar-refractivity contribution is 0.594. The topological polar surface area (TPSA) is 47.1 Å². The van der Waals surface area contributed by atoms with Gasteiger partial charge < -0.3 is 10.6 Å². The van der Waals surface area contributed by atoms with E-state index in [1.807, 2.05) is 18.7 Å². The molecular weight excluding hydrogens is 232 g/mol. The molecule has 0 saturated carbocycles. The van der Waals surface area contributed by atoms with Crippen molar-refractivity contribution in [1.82, 2.24) is 9.78 Å². The monoisotopic (exact) mass is 254 g/mol. The Labute approximate surface area is 109 Å². The van der Waals surface area contributed by atoms with Crippen LogP contribution in [0.1, 0.15) is 37.9 Å². The van der Waals surface area contributed by atoms with Gasteiger partial charge in [-0.25, -0.2) is 0 Å². The number of nitrogens with two attached hydrogens (primary N) is 1.